The molecule has 1 rings (SSSR count). The second-order valence-electron chi connectivity index (χ2n) is 5.37. The summed E-state index contributed by atoms with van der Waals surface area (Å²) in [5.74, 6) is 0.487. The van der Waals surface area contributed by atoms with E-state index in [-0.39, 0.29) is 18.1 Å². The number of amides is 1. The zero-order chi connectivity index (χ0) is 13.0. The maximum absolute atomic E-state index is 11.8. The highest BCUT2D eigenvalue weighted by Crippen LogP contribution is 2.08. The first-order valence-electron chi connectivity index (χ1n) is 6.27. The molecule has 0 bridgehead atoms. The van der Waals surface area contributed by atoms with E-state index in [4.69, 9.17) is 0 Å². The van der Waals surface area contributed by atoms with Crippen molar-refractivity contribution >= 4 is 5.91 Å². The lowest BCUT2D eigenvalue weighted by atomic mass is 10.0. The zero-order valence-corrected chi connectivity index (χ0v) is 11.2. The van der Waals surface area contributed by atoms with Gasteiger partial charge >= 0.3 is 0 Å². The molecular formula is C12H25N3O2. The van der Waals surface area contributed by atoms with E-state index in [1.54, 1.807) is 0 Å². The van der Waals surface area contributed by atoms with Crippen molar-refractivity contribution in [2.45, 2.75) is 38.5 Å². The number of nitrogens with one attached hydrogen (secondary N) is 2. The van der Waals surface area contributed by atoms with Gasteiger partial charge in [0.2, 0.25) is 5.91 Å². The highest BCUT2D eigenvalue weighted by atomic mass is 16.3. The molecule has 5 nitrogen and oxygen atoms in total. The summed E-state index contributed by atoms with van der Waals surface area (Å²) in [7, 11) is 4.04. The fourth-order valence-corrected chi connectivity index (χ4v) is 2.26. The molecule has 1 amide bonds. The van der Waals surface area contributed by atoms with Crippen LogP contribution in [0.4, 0.5) is 0 Å². The zero-order valence-electron chi connectivity index (χ0n) is 11.2. The standard InChI is InChI=1S/C12H25N3O2/c1-8(2)11(15(3)4)7-14-12(17)10-5-9(16)6-13-10/h8-11,13,16H,5-7H2,1-4H3,(H,14,17). The van der Waals surface area contributed by atoms with Crippen molar-refractivity contribution in [2.24, 2.45) is 5.92 Å². The Morgan fingerprint density at radius 2 is 2.18 bits per heavy atom. The number of aliphatic hydroxyl groups is 1. The second kappa shape index (κ2) is 6.33. The number of hydrogen-bond acceptors (Lipinski definition) is 4. The summed E-state index contributed by atoms with van der Waals surface area (Å²) in [5, 5.41) is 15.3. The van der Waals surface area contributed by atoms with Gasteiger partial charge in [-0.2, -0.15) is 0 Å². The summed E-state index contributed by atoms with van der Waals surface area (Å²) in [6.07, 6.45) is 0.126. The van der Waals surface area contributed by atoms with Crippen LogP contribution in [-0.4, -0.2) is 61.3 Å². The molecular weight excluding hydrogens is 218 g/mol. The summed E-state index contributed by atoms with van der Waals surface area (Å²) in [6, 6.07) is 0.102. The summed E-state index contributed by atoms with van der Waals surface area (Å²) < 4.78 is 0. The van der Waals surface area contributed by atoms with Gasteiger partial charge in [-0.3, -0.25) is 4.79 Å². The number of nitrogens with zero attached hydrogens (tertiary/aromatic N) is 1. The fraction of sp³-hybridized carbons (Fsp3) is 0.917. The molecule has 0 spiro atoms. The molecule has 0 aromatic carbocycles. The van der Waals surface area contributed by atoms with Gasteiger partial charge in [-0.25, -0.2) is 0 Å². The minimum Gasteiger partial charge on any atom is -0.392 e. The third kappa shape index (κ3) is 4.26. The van der Waals surface area contributed by atoms with Crippen molar-refractivity contribution in [3.8, 4) is 0 Å². The Bertz CT molecular complexity index is 248. The quantitative estimate of drug-likeness (QED) is 0.604. The van der Waals surface area contributed by atoms with Crippen LogP contribution in [0.1, 0.15) is 20.3 Å². The molecule has 0 aromatic rings. The molecule has 1 aliphatic rings. The molecule has 0 radical (unpaired) electrons. The van der Waals surface area contributed by atoms with E-state index in [0.29, 0.717) is 31.5 Å². The molecule has 1 heterocycles. The number of carbonyl (C=O) groups excluding carboxylic acids is 1. The van der Waals surface area contributed by atoms with Gasteiger partial charge in [0, 0.05) is 19.1 Å². The minimum absolute atomic E-state index is 0.00551. The monoisotopic (exact) mass is 243 g/mol. The van der Waals surface area contributed by atoms with Gasteiger partial charge in [0.05, 0.1) is 12.1 Å². The van der Waals surface area contributed by atoms with E-state index in [9.17, 15) is 9.90 Å². The molecule has 3 atom stereocenters. The molecule has 5 heteroatoms. The van der Waals surface area contributed by atoms with Crippen LogP contribution in [0.2, 0.25) is 0 Å². The van der Waals surface area contributed by atoms with E-state index in [0.717, 1.165) is 0 Å². The van der Waals surface area contributed by atoms with Crippen LogP contribution in [0, 0.1) is 5.92 Å². The Hall–Kier alpha value is -0.650. The molecule has 0 aromatic heterocycles. The third-order valence-electron chi connectivity index (χ3n) is 3.34. The Morgan fingerprint density at radius 1 is 1.53 bits per heavy atom. The first-order valence-corrected chi connectivity index (χ1v) is 6.27. The average Bonchev–Trinajstić information content (AvgIpc) is 2.63. The molecule has 1 saturated heterocycles. The van der Waals surface area contributed by atoms with Gasteiger partial charge in [-0.1, -0.05) is 13.8 Å². The van der Waals surface area contributed by atoms with Gasteiger partial charge < -0.3 is 20.6 Å². The third-order valence-corrected chi connectivity index (χ3v) is 3.34. The Kier molecular flexibility index (Phi) is 5.36. The minimum atomic E-state index is -0.388. The maximum Gasteiger partial charge on any atom is 0.237 e. The highest BCUT2D eigenvalue weighted by Gasteiger charge is 2.28. The van der Waals surface area contributed by atoms with Crippen molar-refractivity contribution < 1.29 is 9.90 Å². The highest BCUT2D eigenvalue weighted by molar-refractivity contribution is 5.82. The van der Waals surface area contributed by atoms with Crippen LogP contribution >= 0.6 is 0 Å². The van der Waals surface area contributed by atoms with Crippen LogP contribution in [0.25, 0.3) is 0 Å². The Labute approximate surface area is 104 Å². The number of rotatable bonds is 5. The fourth-order valence-electron chi connectivity index (χ4n) is 2.26. The molecule has 17 heavy (non-hydrogen) atoms. The summed E-state index contributed by atoms with van der Waals surface area (Å²) in [4.78, 5) is 14.0. The Balaban J connectivity index is 2.36. The van der Waals surface area contributed by atoms with Crippen molar-refractivity contribution in [3.05, 3.63) is 0 Å². The van der Waals surface area contributed by atoms with Gasteiger partial charge in [0.15, 0.2) is 0 Å². The number of β-amino-alcohol motifs (C(OH)–C–C–N with tert-alkyl or cyclic N) is 1. The van der Waals surface area contributed by atoms with Gasteiger partial charge in [-0.15, -0.1) is 0 Å². The lowest BCUT2D eigenvalue weighted by molar-refractivity contribution is -0.123. The largest absolute Gasteiger partial charge is 0.392 e. The molecule has 1 fully saturated rings. The number of hydrogen-bond donors (Lipinski definition) is 3. The number of likely N-dealkylation sites (N-methyl/N-ethyl adjacent to an activating group) is 1. The van der Waals surface area contributed by atoms with E-state index < -0.39 is 0 Å². The summed E-state index contributed by atoms with van der Waals surface area (Å²) >= 11 is 0. The molecule has 3 N–H and O–H groups in total. The lowest BCUT2D eigenvalue weighted by Gasteiger charge is -2.28. The first-order chi connectivity index (χ1) is 7.91. The van der Waals surface area contributed by atoms with Crippen LogP contribution in [0.3, 0.4) is 0 Å². The summed E-state index contributed by atoms with van der Waals surface area (Å²) in [6.45, 7) is 5.46. The van der Waals surface area contributed by atoms with Crippen molar-refractivity contribution in [3.63, 3.8) is 0 Å². The van der Waals surface area contributed by atoms with Crippen molar-refractivity contribution in [1.82, 2.24) is 15.5 Å². The topological polar surface area (TPSA) is 64.6 Å². The predicted octanol–water partition coefficient (Wildman–Crippen LogP) is -0.588. The number of carbonyl (C=O) groups is 1. The average molecular weight is 243 g/mol. The maximum atomic E-state index is 11.8. The molecule has 0 saturated carbocycles. The molecule has 0 aliphatic carbocycles. The van der Waals surface area contributed by atoms with Crippen LogP contribution in [-0.2, 0) is 4.79 Å². The van der Waals surface area contributed by atoms with Crippen molar-refractivity contribution in [2.75, 3.05) is 27.2 Å². The first kappa shape index (κ1) is 14.4. The van der Waals surface area contributed by atoms with Gasteiger partial charge in [0.25, 0.3) is 0 Å². The molecule has 3 unspecified atom stereocenters. The van der Waals surface area contributed by atoms with E-state index in [1.807, 2.05) is 14.1 Å². The van der Waals surface area contributed by atoms with Crippen molar-refractivity contribution in [1.29, 1.82) is 0 Å². The molecule has 1 aliphatic heterocycles. The van der Waals surface area contributed by atoms with Crippen LogP contribution in [0.5, 0.6) is 0 Å². The van der Waals surface area contributed by atoms with Crippen LogP contribution in [0.15, 0.2) is 0 Å². The molecule has 100 valence electrons. The van der Waals surface area contributed by atoms with Gasteiger partial charge in [0.1, 0.15) is 0 Å². The van der Waals surface area contributed by atoms with Gasteiger partial charge in [-0.05, 0) is 26.4 Å². The second-order valence-corrected chi connectivity index (χ2v) is 5.37. The van der Waals surface area contributed by atoms with E-state index in [2.05, 4.69) is 29.4 Å². The van der Waals surface area contributed by atoms with E-state index >= 15 is 0 Å². The smallest absolute Gasteiger partial charge is 0.237 e. The number of aliphatic hydroxyl groups excluding tert-OH is 1. The van der Waals surface area contributed by atoms with E-state index in [1.165, 1.54) is 0 Å². The normalized spacial score (nSPS) is 26.5. The Morgan fingerprint density at radius 3 is 2.59 bits per heavy atom. The predicted molar refractivity (Wildman–Crippen MR) is 67.7 cm³/mol. The summed E-state index contributed by atoms with van der Waals surface area (Å²) in [5.41, 5.74) is 0. The SMILES string of the molecule is CC(C)C(CNC(=O)C1CC(O)CN1)N(C)C. The van der Waals surface area contributed by atoms with Crippen LogP contribution < -0.4 is 10.6 Å². The lowest BCUT2D eigenvalue weighted by Crippen LogP contribution is -2.47.